The highest BCUT2D eigenvalue weighted by atomic mass is 16.3. The summed E-state index contributed by atoms with van der Waals surface area (Å²) in [5.41, 5.74) is 4.80. The summed E-state index contributed by atoms with van der Waals surface area (Å²) >= 11 is 0. The molecule has 0 spiro atoms. The number of phenolic OH excluding ortho intramolecular Hbond substituents is 1. The third kappa shape index (κ3) is 4.85. The number of aromatic hydroxyl groups is 1. The van der Waals surface area contributed by atoms with Crippen molar-refractivity contribution in [1.82, 2.24) is 0 Å². The summed E-state index contributed by atoms with van der Waals surface area (Å²) in [4.78, 5) is 90.1. The van der Waals surface area contributed by atoms with Crippen LogP contribution in [-0.4, -0.2) is 56.5 Å². The number of anilines is 1. The Morgan fingerprint density at radius 3 is 2.25 bits per heavy atom. The minimum atomic E-state index is -2.74. The van der Waals surface area contributed by atoms with E-state index in [4.69, 9.17) is 5.73 Å². The number of rotatable bonds is 7. The highest BCUT2D eigenvalue weighted by Gasteiger charge is 2.69. The maximum atomic E-state index is 14.0. The maximum absolute atomic E-state index is 14.0. The van der Waals surface area contributed by atoms with Crippen molar-refractivity contribution in [2.45, 2.75) is 52.1 Å². The van der Waals surface area contributed by atoms with Gasteiger partial charge >= 0.3 is 0 Å². The number of carbonyl (C=O) groups is 7. The van der Waals surface area contributed by atoms with Crippen LogP contribution in [0.5, 0.6) is 5.75 Å². The Balaban J connectivity index is 1.52. The van der Waals surface area contributed by atoms with Gasteiger partial charge in [-0.25, -0.2) is 0 Å². The highest BCUT2D eigenvalue weighted by Crippen LogP contribution is 2.53. The van der Waals surface area contributed by atoms with Gasteiger partial charge in [0.2, 0.25) is 11.8 Å². The van der Waals surface area contributed by atoms with E-state index in [0.29, 0.717) is 22.4 Å². The zero-order valence-corrected chi connectivity index (χ0v) is 24.6. The summed E-state index contributed by atoms with van der Waals surface area (Å²) < 4.78 is 0. The molecule has 5 rings (SSSR count). The first-order valence-electron chi connectivity index (χ1n) is 14.6. The van der Waals surface area contributed by atoms with E-state index in [1.54, 1.807) is 44.2 Å². The normalized spacial score (nSPS) is 27.8. The number of benzene rings is 2. The Hall–Kier alpha value is -4.51. The van der Waals surface area contributed by atoms with Crippen molar-refractivity contribution in [1.29, 1.82) is 0 Å². The molecule has 2 fully saturated rings. The summed E-state index contributed by atoms with van der Waals surface area (Å²) in [6.45, 7) is 4.80. The second kappa shape index (κ2) is 11.2. The largest absolute Gasteiger partial charge is 0.507 e. The molecule has 2 aromatic rings. The van der Waals surface area contributed by atoms with E-state index in [9.17, 15) is 43.8 Å². The molecule has 0 radical (unpaired) electrons. The molecule has 11 nitrogen and oxygen atoms in total. The van der Waals surface area contributed by atoms with Gasteiger partial charge < -0.3 is 26.1 Å². The minimum Gasteiger partial charge on any atom is -0.507 e. The number of hydrogen-bond donors (Lipinski definition) is 4. The molecule has 44 heavy (non-hydrogen) atoms. The third-order valence-corrected chi connectivity index (χ3v) is 9.38. The Labute approximate surface area is 253 Å². The van der Waals surface area contributed by atoms with Gasteiger partial charge in [0.25, 0.3) is 0 Å². The fraction of sp³-hybridized carbons (Fsp3) is 0.424. The van der Waals surface area contributed by atoms with Crippen LogP contribution in [0.2, 0.25) is 0 Å². The average molecular weight is 603 g/mol. The molecule has 2 saturated carbocycles. The molecule has 0 aliphatic heterocycles. The second-order valence-electron chi connectivity index (χ2n) is 12.5. The van der Waals surface area contributed by atoms with Crippen molar-refractivity contribution in [3.05, 3.63) is 47.5 Å². The summed E-state index contributed by atoms with van der Waals surface area (Å²) in [5.74, 6) is -12.6. The maximum Gasteiger partial charge on any atom is 0.235 e. The number of aliphatic hydroxyl groups is 1. The number of hydrogen-bond acceptors (Lipinski definition) is 9. The van der Waals surface area contributed by atoms with Crippen LogP contribution in [0, 0.1) is 35.5 Å². The molecule has 0 saturated heterocycles. The zero-order chi connectivity index (χ0) is 32.2. The van der Waals surface area contributed by atoms with Crippen LogP contribution in [-0.2, 0) is 35.2 Å². The van der Waals surface area contributed by atoms with Gasteiger partial charge in [-0.2, -0.15) is 0 Å². The fourth-order valence-corrected chi connectivity index (χ4v) is 7.37. The van der Waals surface area contributed by atoms with E-state index in [1.165, 1.54) is 13.0 Å². The molecular formula is C33H34N2O9. The van der Waals surface area contributed by atoms with Crippen molar-refractivity contribution in [3.8, 4) is 16.9 Å². The van der Waals surface area contributed by atoms with Gasteiger partial charge in [-0.15, -0.1) is 0 Å². The van der Waals surface area contributed by atoms with Crippen molar-refractivity contribution < 1.29 is 43.8 Å². The Bertz CT molecular complexity index is 1630. The predicted octanol–water partition coefficient (Wildman–Crippen LogP) is 2.18. The molecule has 3 aliphatic rings. The SMILES string of the molecule is CC(=O)CCC(=O)Nc1ccc(-c2ccc(O)c3c2C[C@H]2C[C@H]4[C@H](C(C)C)C(=O)C(C(N)=O)C(=O)[C@@]4(O)C(=O)C2C3=O)cc1. The number of ketones is 5. The highest BCUT2D eigenvalue weighted by molar-refractivity contribution is 6.32. The van der Waals surface area contributed by atoms with E-state index >= 15 is 0 Å². The number of amides is 2. The lowest BCUT2D eigenvalue weighted by molar-refractivity contribution is -0.182. The van der Waals surface area contributed by atoms with Crippen LogP contribution in [0.1, 0.15) is 56.0 Å². The molecule has 5 N–H and O–H groups in total. The Morgan fingerprint density at radius 1 is 1.00 bits per heavy atom. The van der Waals surface area contributed by atoms with Crippen molar-refractivity contribution in [2.24, 2.45) is 41.2 Å². The van der Waals surface area contributed by atoms with Crippen LogP contribution < -0.4 is 11.1 Å². The number of Topliss-reactive ketones (excluding diaryl/α,β-unsaturated/α-hetero) is 5. The molecule has 11 heteroatoms. The van der Waals surface area contributed by atoms with Gasteiger partial charge in [0.05, 0.1) is 11.5 Å². The lowest BCUT2D eigenvalue weighted by Gasteiger charge is -2.52. The van der Waals surface area contributed by atoms with Crippen molar-refractivity contribution >= 4 is 46.4 Å². The van der Waals surface area contributed by atoms with Gasteiger partial charge in [0, 0.05) is 30.4 Å². The van der Waals surface area contributed by atoms with Gasteiger partial charge in [-0.3, -0.25) is 28.8 Å². The minimum absolute atomic E-state index is 0.00970. The Morgan fingerprint density at radius 2 is 1.66 bits per heavy atom. The third-order valence-electron chi connectivity index (χ3n) is 9.38. The zero-order valence-electron chi connectivity index (χ0n) is 24.6. The molecule has 2 amide bonds. The lowest BCUT2D eigenvalue weighted by Crippen LogP contribution is -2.71. The standard InChI is InChI=1S/C33H34N2O9/c1-14(2)24-21-13-17-12-20-19(16-5-7-18(8-6-16)35-23(38)11-4-15(3)36)9-10-22(37)26(20)29(40)25(17)30(41)33(21,44)31(42)27(28(24)39)32(34)43/h5-10,14,17,21,24-25,27,37,44H,4,11-13H2,1-3H3,(H2,34,43)(H,35,38)/t17-,21-,24-,25?,27?,33-/m0/s1. The summed E-state index contributed by atoms with van der Waals surface area (Å²) in [6.07, 6.45) is 0.320. The number of nitrogens with one attached hydrogen (secondary N) is 1. The number of nitrogens with two attached hydrogens (primary N) is 1. The quantitative estimate of drug-likeness (QED) is 0.343. The Kier molecular flexibility index (Phi) is 7.88. The average Bonchev–Trinajstić information content (AvgIpc) is 2.94. The van der Waals surface area contributed by atoms with E-state index in [2.05, 4.69) is 5.32 Å². The second-order valence-corrected chi connectivity index (χ2v) is 12.5. The number of primary amides is 1. The summed E-state index contributed by atoms with van der Waals surface area (Å²) in [5, 5.41) is 25.2. The van der Waals surface area contributed by atoms with Gasteiger partial charge in [-0.05, 0) is 66.5 Å². The van der Waals surface area contributed by atoms with E-state index in [1.807, 2.05) is 0 Å². The first-order chi connectivity index (χ1) is 20.7. The first-order valence-corrected chi connectivity index (χ1v) is 14.6. The predicted molar refractivity (Wildman–Crippen MR) is 156 cm³/mol. The lowest BCUT2D eigenvalue weighted by atomic mass is 9.49. The van der Waals surface area contributed by atoms with Crippen molar-refractivity contribution in [2.75, 3.05) is 5.32 Å². The molecule has 2 unspecified atom stereocenters. The molecule has 0 heterocycles. The van der Waals surface area contributed by atoms with Crippen LogP contribution in [0.15, 0.2) is 36.4 Å². The van der Waals surface area contributed by atoms with Gasteiger partial charge in [0.1, 0.15) is 11.5 Å². The fourth-order valence-electron chi connectivity index (χ4n) is 7.37. The van der Waals surface area contributed by atoms with Crippen LogP contribution in [0.3, 0.4) is 0 Å². The smallest absolute Gasteiger partial charge is 0.235 e. The van der Waals surface area contributed by atoms with Crippen molar-refractivity contribution in [3.63, 3.8) is 0 Å². The molecule has 3 aliphatic carbocycles. The summed E-state index contributed by atoms with van der Waals surface area (Å²) in [7, 11) is 0. The van der Waals surface area contributed by atoms with Gasteiger partial charge in [-0.1, -0.05) is 32.0 Å². The molecular weight excluding hydrogens is 568 g/mol. The number of fused-ring (bicyclic) bond motifs is 3. The van der Waals surface area contributed by atoms with E-state index in [-0.39, 0.29) is 48.7 Å². The van der Waals surface area contributed by atoms with Crippen LogP contribution >= 0.6 is 0 Å². The van der Waals surface area contributed by atoms with E-state index in [0.717, 1.165) is 0 Å². The number of carbonyl (C=O) groups excluding carboxylic acids is 7. The van der Waals surface area contributed by atoms with Crippen LogP contribution in [0.4, 0.5) is 5.69 Å². The molecule has 0 aromatic heterocycles. The van der Waals surface area contributed by atoms with Gasteiger partial charge in [0.15, 0.2) is 34.7 Å². The molecule has 0 bridgehead atoms. The summed E-state index contributed by atoms with van der Waals surface area (Å²) in [6, 6.07) is 9.76. The van der Waals surface area contributed by atoms with Crippen LogP contribution in [0.25, 0.3) is 11.1 Å². The molecule has 230 valence electrons. The topological polar surface area (TPSA) is 198 Å². The molecule has 6 atom stereocenters. The van der Waals surface area contributed by atoms with E-state index < -0.39 is 70.1 Å². The number of phenols is 1. The monoisotopic (exact) mass is 602 g/mol. The molecule has 2 aromatic carbocycles. The first kappa shape index (κ1) is 30.9.